The summed E-state index contributed by atoms with van der Waals surface area (Å²) >= 11 is 6.07. The van der Waals surface area contributed by atoms with Gasteiger partial charge in [-0.15, -0.1) is 0 Å². The van der Waals surface area contributed by atoms with Gasteiger partial charge in [-0.1, -0.05) is 11.6 Å². The minimum absolute atomic E-state index is 0.135. The van der Waals surface area contributed by atoms with Gasteiger partial charge in [-0.05, 0) is 31.0 Å². The summed E-state index contributed by atoms with van der Waals surface area (Å²) in [5, 5.41) is 2.05. The van der Waals surface area contributed by atoms with Crippen molar-refractivity contribution in [3.8, 4) is 0 Å². The quantitative estimate of drug-likeness (QED) is 0.711. The van der Waals surface area contributed by atoms with Gasteiger partial charge in [-0.25, -0.2) is 21.6 Å². The lowest BCUT2D eigenvalue weighted by Gasteiger charge is -2.21. The molecule has 4 rings (SSSR count). The van der Waals surface area contributed by atoms with Crippen LogP contribution in [0.2, 0.25) is 5.02 Å². The molecule has 0 aromatic heterocycles. The minimum Gasteiger partial charge on any atom is -0.322 e. The van der Waals surface area contributed by atoms with E-state index in [-0.39, 0.29) is 33.4 Å². The van der Waals surface area contributed by atoms with E-state index in [4.69, 9.17) is 11.6 Å². The molecule has 0 saturated carbocycles. The second kappa shape index (κ2) is 7.36. The zero-order valence-corrected chi connectivity index (χ0v) is 16.7. The van der Waals surface area contributed by atoms with E-state index in [9.17, 15) is 31.2 Å². The molecular formula is C19H14ClF3N2O4S. The fraction of sp³-hybridized carbons (Fsp3) is 0.263. The smallest absolute Gasteiger partial charge is 0.255 e. The number of benzene rings is 2. The van der Waals surface area contributed by atoms with Crippen molar-refractivity contribution in [3.63, 3.8) is 0 Å². The number of anilines is 1. The van der Waals surface area contributed by atoms with Gasteiger partial charge in [0.2, 0.25) is 10.0 Å². The van der Waals surface area contributed by atoms with Crippen molar-refractivity contribution in [1.82, 2.24) is 4.31 Å². The summed E-state index contributed by atoms with van der Waals surface area (Å²) in [5.41, 5.74) is -0.500. The summed E-state index contributed by atoms with van der Waals surface area (Å²) in [4.78, 5) is 24.1. The number of carbonyl (C=O) groups is 2. The van der Waals surface area contributed by atoms with E-state index in [1.807, 2.05) is 0 Å². The third kappa shape index (κ3) is 3.38. The van der Waals surface area contributed by atoms with Crippen molar-refractivity contribution in [2.75, 3.05) is 5.32 Å². The zero-order chi connectivity index (χ0) is 21.8. The molecule has 2 unspecified atom stereocenters. The van der Waals surface area contributed by atoms with Crippen LogP contribution in [0.25, 0.3) is 0 Å². The third-order valence-corrected chi connectivity index (χ3v) is 7.68. The number of Topliss-reactive ketones (excluding diaryl/α,β-unsaturated/α-hetero) is 1. The first-order valence-corrected chi connectivity index (χ1v) is 10.7. The van der Waals surface area contributed by atoms with Crippen molar-refractivity contribution < 1.29 is 31.2 Å². The van der Waals surface area contributed by atoms with Gasteiger partial charge in [-0.3, -0.25) is 9.59 Å². The number of rotatable bonds is 4. The van der Waals surface area contributed by atoms with Gasteiger partial charge in [0.05, 0.1) is 11.1 Å². The van der Waals surface area contributed by atoms with Gasteiger partial charge in [0.15, 0.2) is 23.2 Å². The maximum Gasteiger partial charge on any atom is 0.255 e. The zero-order valence-electron chi connectivity index (χ0n) is 15.2. The second-order valence-corrected chi connectivity index (χ2v) is 9.32. The highest BCUT2D eigenvalue weighted by atomic mass is 35.5. The predicted octanol–water partition coefficient (Wildman–Crippen LogP) is 3.50. The lowest BCUT2D eigenvalue weighted by molar-refractivity contribution is -0.119. The molecule has 2 aliphatic heterocycles. The number of fused-ring (bicyclic) bond motifs is 2. The second-order valence-electron chi connectivity index (χ2n) is 7.11. The number of halogens is 4. The number of amides is 1. The van der Waals surface area contributed by atoms with Crippen molar-refractivity contribution in [1.29, 1.82) is 0 Å². The fourth-order valence-corrected chi connectivity index (χ4v) is 6.23. The normalized spacial score (nSPS) is 21.3. The van der Waals surface area contributed by atoms with Crippen LogP contribution < -0.4 is 5.32 Å². The Morgan fingerprint density at radius 2 is 1.77 bits per heavy atom. The van der Waals surface area contributed by atoms with Gasteiger partial charge >= 0.3 is 0 Å². The molecule has 0 radical (unpaired) electrons. The molecule has 30 heavy (non-hydrogen) atoms. The van der Waals surface area contributed by atoms with Gasteiger partial charge in [0.25, 0.3) is 5.91 Å². The van der Waals surface area contributed by atoms with Crippen LogP contribution in [0.1, 0.15) is 29.6 Å². The minimum atomic E-state index is -4.16. The SMILES string of the molecule is O=C(Nc1cc(F)c(F)c(F)c1)c1ccc(Cl)c(S(=O)(=O)N2C3CCC2C(=O)C3)c1. The first kappa shape index (κ1) is 20.8. The molecular weight excluding hydrogens is 445 g/mol. The van der Waals surface area contributed by atoms with Gasteiger partial charge < -0.3 is 5.32 Å². The van der Waals surface area contributed by atoms with Crippen LogP contribution in [0.3, 0.4) is 0 Å². The highest BCUT2D eigenvalue weighted by molar-refractivity contribution is 7.89. The number of hydrogen-bond donors (Lipinski definition) is 1. The van der Waals surface area contributed by atoms with Crippen molar-refractivity contribution in [2.24, 2.45) is 0 Å². The van der Waals surface area contributed by atoms with Crippen molar-refractivity contribution in [2.45, 2.75) is 36.2 Å². The number of ketones is 1. The molecule has 2 bridgehead atoms. The Hall–Kier alpha value is -2.43. The maximum atomic E-state index is 13.4. The maximum absolute atomic E-state index is 13.4. The highest BCUT2D eigenvalue weighted by Crippen LogP contribution is 2.41. The number of carbonyl (C=O) groups excluding carboxylic acids is 2. The van der Waals surface area contributed by atoms with Gasteiger partial charge in [0.1, 0.15) is 4.90 Å². The average molecular weight is 459 g/mol. The predicted molar refractivity (Wildman–Crippen MR) is 101 cm³/mol. The molecule has 6 nitrogen and oxygen atoms in total. The number of nitrogens with zero attached hydrogens (tertiary/aromatic N) is 1. The Bertz CT molecular complexity index is 1170. The Balaban J connectivity index is 1.65. The molecule has 11 heteroatoms. The summed E-state index contributed by atoms with van der Waals surface area (Å²) in [7, 11) is -4.16. The van der Waals surface area contributed by atoms with Gasteiger partial charge in [-0.2, -0.15) is 4.31 Å². The number of sulfonamides is 1. The van der Waals surface area contributed by atoms with Crippen LogP contribution >= 0.6 is 11.6 Å². The highest BCUT2D eigenvalue weighted by Gasteiger charge is 2.52. The van der Waals surface area contributed by atoms with Crippen molar-refractivity contribution >= 4 is 39.0 Å². The Morgan fingerprint density at radius 1 is 1.10 bits per heavy atom. The van der Waals surface area contributed by atoms with E-state index in [0.717, 1.165) is 10.4 Å². The summed E-state index contributed by atoms with van der Waals surface area (Å²) in [6.07, 6.45) is 1.14. The fourth-order valence-electron chi connectivity index (χ4n) is 3.87. The van der Waals surface area contributed by atoms with Crippen LogP contribution in [0.5, 0.6) is 0 Å². The summed E-state index contributed by atoms with van der Waals surface area (Å²) in [6.45, 7) is 0. The van der Waals surface area contributed by atoms with E-state index in [2.05, 4.69) is 5.32 Å². The number of hydrogen-bond acceptors (Lipinski definition) is 4. The first-order chi connectivity index (χ1) is 14.1. The number of nitrogens with one attached hydrogen (secondary N) is 1. The molecule has 1 N–H and O–H groups in total. The molecule has 0 spiro atoms. The molecule has 2 aromatic carbocycles. The molecule has 158 valence electrons. The summed E-state index contributed by atoms with van der Waals surface area (Å²) in [5.74, 6) is -5.69. The molecule has 0 aliphatic carbocycles. The Kier molecular flexibility index (Phi) is 5.11. The lowest BCUT2D eigenvalue weighted by Crippen LogP contribution is -2.36. The molecule has 2 aromatic rings. The molecule has 1 amide bonds. The summed E-state index contributed by atoms with van der Waals surface area (Å²) in [6, 6.07) is 3.48. The first-order valence-electron chi connectivity index (χ1n) is 8.91. The van der Waals surface area contributed by atoms with Crippen LogP contribution in [-0.2, 0) is 14.8 Å². The van der Waals surface area contributed by atoms with Crippen molar-refractivity contribution in [3.05, 3.63) is 58.4 Å². The van der Waals surface area contributed by atoms with E-state index in [1.165, 1.54) is 12.1 Å². The molecule has 2 heterocycles. The van der Waals surface area contributed by atoms with E-state index < -0.39 is 45.5 Å². The van der Waals surface area contributed by atoms with Gasteiger partial charge in [0, 0.05) is 35.8 Å². The standard InChI is InChI=1S/C19H14ClF3N2O4S/c20-12-3-1-9(19(27)24-10-6-13(21)18(23)14(22)7-10)5-17(12)30(28,29)25-11-2-4-15(25)16(26)8-11/h1,3,5-7,11,15H,2,4,8H2,(H,24,27). The Morgan fingerprint density at radius 3 is 2.33 bits per heavy atom. The average Bonchev–Trinajstić information content (AvgIpc) is 3.24. The van der Waals surface area contributed by atoms with Crippen LogP contribution in [0.4, 0.5) is 18.9 Å². The molecule has 2 fully saturated rings. The lowest BCUT2D eigenvalue weighted by atomic mass is 10.00. The topological polar surface area (TPSA) is 83.6 Å². The van der Waals surface area contributed by atoms with Crippen LogP contribution in [0, 0.1) is 17.5 Å². The van der Waals surface area contributed by atoms with E-state index in [0.29, 0.717) is 25.0 Å². The largest absolute Gasteiger partial charge is 0.322 e. The summed E-state index contributed by atoms with van der Waals surface area (Å²) < 4.78 is 67.2. The Labute approximate surface area is 174 Å². The third-order valence-electron chi connectivity index (χ3n) is 5.24. The molecule has 2 saturated heterocycles. The molecule has 2 atom stereocenters. The van der Waals surface area contributed by atoms with E-state index in [1.54, 1.807) is 0 Å². The van der Waals surface area contributed by atoms with Crippen LogP contribution in [-0.4, -0.2) is 36.5 Å². The molecule has 2 aliphatic rings. The van der Waals surface area contributed by atoms with Crippen LogP contribution in [0.15, 0.2) is 35.2 Å². The van der Waals surface area contributed by atoms with E-state index >= 15 is 0 Å². The monoisotopic (exact) mass is 458 g/mol.